The minimum Gasteiger partial charge on any atom is -0.289 e. The minimum atomic E-state index is 0.0301. The van der Waals surface area contributed by atoms with Crippen molar-refractivity contribution in [1.29, 1.82) is 0 Å². The molecule has 1 aromatic heterocycles. The number of halogens is 1. The van der Waals surface area contributed by atoms with Gasteiger partial charge in [0.1, 0.15) is 0 Å². The molecule has 3 aromatic rings. The molecule has 0 fully saturated rings. The summed E-state index contributed by atoms with van der Waals surface area (Å²) in [5.74, 6) is 0.0301. The van der Waals surface area contributed by atoms with E-state index in [1.807, 2.05) is 55.5 Å². The zero-order valence-corrected chi connectivity index (χ0v) is 12.5. The number of pyridine rings is 1. The van der Waals surface area contributed by atoms with Gasteiger partial charge in [0.25, 0.3) is 0 Å². The second-order valence-corrected chi connectivity index (χ2v) is 5.61. The quantitative estimate of drug-likeness (QED) is 0.647. The number of ketones is 1. The summed E-state index contributed by atoms with van der Waals surface area (Å²) < 4.78 is 0.978. The maximum absolute atomic E-state index is 12.6. The molecule has 20 heavy (non-hydrogen) atoms. The molecule has 0 spiro atoms. The molecule has 0 unspecified atom stereocenters. The normalized spacial score (nSPS) is 10.7. The number of nitrogens with zero attached hydrogens (tertiary/aromatic N) is 1. The Morgan fingerprint density at radius 3 is 2.75 bits per heavy atom. The van der Waals surface area contributed by atoms with Crippen molar-refractivity contribution in [2.75, 3.05) is 0 Å². The average Bonchev–Trinajstić information content (AvgIpc) is 2.46. The van der Waals surface area contributed by atoms with Gasteiger partial charge in [0.05, 0.1) is 5.52 Å². The molecule has 0 N–H and O–H groups in total. The van der Waals surface area contributed by atoms with Crippen molar-refractivity contribution in [1.82, 2.24) is 4.98 Å². The first kappa shape index (κ1) is 13.0. The SMILES string of the molecule is Cc1cc(Br)ccc1C(=O)c1ccc2cccnc2c1. The molecule has 3 rings (SSSR count). The van der Waals surface area contributed by atoms with Crippen LogP contribution in [0.4, 0.5) is 0 Å². The Kier molecular flexibility index (Phi) is 3.36. The third-order valence-electron chi connectivity index (χ3n) is 3.30. The topological polar surface area (TPSA) is 30.0 Å². The van der Waals surface area contributed by atoms with Gasteiger partial charge in [0.2, 0.25) is 0 Å². The first-order chi connectivity index (χ1) is 9.65. The molecule has 2 aromatic carbocycles. The Hall–Kier alpha value is -2.00. The summed E-state index contributed by atoms with van der Waals surface area (Å²) in [6.07, 6.45) is 1.74. The maximum Gasteiger partial charge on any atom is 0.193 e. The van der Waals surface area contributed by atoms with Gasteiger partial charge in [-0.15, -0.1) is 0 Å². The number of rotatable bonds is 2. The van der Waals surface area contributed by atoms with Gasteiger partial charge in [-0.3, -0.25) is 9.78 Å². The van der Waals surface area contributed by atoms with Gasteiger partial charge >= 0.3 is 0 Å². The monoisotopic (exact) mass is 325 g/mol. The van der Waals surface area contributed by atoms with Crippen LogP contribution in [0.1, 0.15) is 21.5 Å². The number of carbonyl (C=O) groups excluding carboxylic acids is 1. The number of aromatic nitrogens is 1. The summed E-state index contributed by atoms with van der Waals surface area (Å²) in [5, 5.41) is 1.04. The molecule has 0 bridgehead atoms. The van der Waals surface area contributed by atoms with E-state index in [1.54, 1.807) is 6.20 Å². The molecule has 3 heteroatoms. The Bertz CT molecular complexity index is 811. The van der Waals surface area contributed by atoms with Gasteiger partial charge in [-0.1, -0.05) is 34.1 Å². The fourth-order valence-electron chi connectivity index (χ4n) is 2.25. The number of hydrogen-bond donors (Lipinski definition) is 0. The molecule has 98 valence electrons. The zero-order valence-electron chi connectivity index (χ0n) is 10.9. The summed E-state index contributed by atoms with van der Waals surface area (Å²) in [6.45, 7) is 1.94. The lowest BCUT2D eigenvalue weighted by Gasteiger charge is -2.06. The highest BCUT2D eigenvalue weighted by molar-refractivity contribution is 9.10. The first-order valence-corrected chi connectivity index (χ1v) is 7.10. The van der Waals surface area contributed by atoms with Crippen LogP contribution in [-0.2, 0) is 0 Å². The van der Waals surface area contributed by atoms with Gasteiger partial charge in [-0.2, -0.15) is 0 Å². The zero-order chi connectivity index (χ0) is 14.1. The minimum absolute atomic E-state index is 0.0301. The Labute approximate surface area is 125 Å². The van der Waals surface area contributed by atoms with Crippen molar-refractivity contribution >= 4 is 32.6 Å². The lowest BCUT2D eigenvalue weighted by atomic mass is 9.98. The van der Waals surface area contributed by atoms with Crippen molar-refractivity contribution in [3.63, 3.8) is 0 Å². The molecule has 0 aliphatic heterocycles. The summed E-state index contributed by atoms with van der Waals surface area (Å²) in [7, 11) is 0. The van der Waals surface area contributed by atoms with E-state index < -0.39 is 0 Å². The van der Waals surface area contributed by atoms with E-state index in [4.69, 9.17) is 0 Å². The van der Waals surface area contributed by atoms with E-state index >= 15 is 0 Å². The summed E-state index contributed by atoms with van der Waals surface area (Å²) >= 11 is 3.41. The third kappa shape index (κ3) is 2.37. The van der Waals surface area contributed by atoms with E-state index in [1.165, 1.54) is 0 Å². The molecular formula is C17H12BrNO. The van der Waals surface area contributed by atoms with Crippen molar-refractivity contribution in [3.05, 3.63) is 75.9 Å². The molecule has 0 aliphatic carbocycles. The van der Waals surface area contributed by atoms with Crippen LogP contribution in [-0.4, -0.2) is 10.8 Å². The molecular weight excluding hydrogens is 314 g/mol. The van der Waals surface area contributed by atoms with E-state index in [0.29, 0.717) is 5.56 Å². The molecule has 0 radical (unpaired) electrons. The van der Waals surface area contributed by atoms with Crippen molar-refractivity contribution in [3.8, 4) is 0 Å². The Morgan fingerprint density at radius 2 is 1.95 bits per heavy atom. The predicted octanol–water partition coefficient (Wildman–Crippen LogP) is 4.54. The molecule has 0 saturated carbocycles. The van der Waals surface area contributed by atoms with Crippen LogP contribution >= 0.6 is 15.9 Å². The van der Waals surface area contributed by atoms with E-state index in [9.17, 15) is 4.79 Å². The average molecular weight is 326 g/mol. The van der Waals surface area contributed by atoms with Crippen LogP contribution in [0.5, 0.6) is 0 Å². The van der Waals surface area contributed by atoms with Crippen LogP contribution in [0.15, 0.2) is 59.2 Å². The number of carbonyl (C=O) groups is 1. The van der Waals surface area contributed by atoms with Crippen LogP contribution in [0.3, 0.4) is 0 Å². The molecule has 0 atom stereocenters. The number of hydrogen-bond acceptors (Lipinski definition) is 2. The molecule has 0 amide bonds. The van der Waals surface area contributed by atoms with Crippen LogP contribution in [0, 0.1) is 6.92 Å². The Balaban J connectivity index is 2.08. The van der Waals surface area contributed by atoms with Crippen molar-refractivity contribution in [2.45, 2.75) is 6.92 Å². The van der Waals surface area contributed by atoms with Crippen molar-refractivity contribution < 1.29 is 4.79 Å². The fraction of sp³-hybridized carbons (Fsp3) is 0.0588. The summed E-state index contributed by atoms with van der Waals surface area (Å²) in [5.41, 5.74) is 3.20. The highest BCUT2D eigenvalue weighted by Crippen LogP contribution is 2.21. The van der Waals surface area contributed by atoms with E-state index in [2.05, 4.69) is 20.9 Å². The number of benzene rings is 2. The maximum atomic E-state index is 12.6. The largest absolute Gasteiger partial charge is 0.289 e. The summed E-state index contributed by atoms with van der Waals surface area (Å²) in [6, 6.07) is 15.2. The molecule has 1 heterocycles. The van der Waals surface area contributed by atoms with Gasteiger partial charge in [0.15, 0.2) is 5.78 Å². The van der Waals surface area contributed by atoms with Crippen LogP contribution in [0.25, 0.3) is 10.9 Å². The van der Waals surface area contributed by atoms with E-state index in [0.717, 1.165) is 26.5 Å². The van der Waals surface area contributed by atoms with Crippen LogP contribution in [0.2, 0.25) is 0 Å². The van der Waals surface area contributed by atoms with Gasteiger partial charge in [-0.05, 0) is 42.8 Å². The summed E-state index contributed by atoms with van der Waals surface area (Å²) in [4.78, 5) is 16.9. The molecule has 0 saturated heterocycles. The predicted molar refractivity (Wildman–Crippen MR) is 84.1 cm³/mol. The first-order valence-electron chi connectivity index (χ1n) is 6.31. The van der Waals surface area contributed by atoms with Gasteiger partial charge in [0, 0.05) is 27.2 Å². The fourth-order valence-corrected chi connectivity index (χ4v) is 2.72. The van der Waals surface area contributed by atoms with Gasteiger partial charge in [-0.25, -0.2) is 0 Å². The van der Waals surface area contributed by atoms with E-state index in [-0.39, 0.29) is 5.78 Å². The third-order valence-corrected chi connectivity index (χ3v) is 3.79. The lowest BCUT2D eigenvalue weighted by molar-refractivity contribution is 0.103. The molecule has 0 aliphatic rings. The second kappa shape index (κ2) is 5.17. The van der Waals surface area contributed by atoms with Gasteiger partial charge < -0.3 is 0 Å². The van der Waals surface area contributed by atoms with Crippen molar-refractivity contribution in [2.24, 2.45) is 0 Å². The smallest absolute Gasteiger partial charge is 0.193 e. The Morgan fingerprint density at radius 1 is 1.10 bits per heavy atom. The lowest BCUT2D eigenvalue weighted by Crippen LogP contribution is -2.03. The number of aryl methyl sites for hydroxylation is 1. The standard InChI is InChI=1S/C17H12BrNO/c1-11-9-14(18)6-7-15(11)17(20)13-5-4-12-3-2-8-19-16(12)10-13/h2-10H,1H3. The number of fused-ring (bicyclic) bond motifs is 1. The highest BCUT2D eigenvalue weighted by Gasteiger charge is 2.12. The molecule has 2 nitrogen and oxygen atoms in total. The van der Waals surface area contributed by atoms with Crippen LogP contribution < -0.4 is 0 Å². The second-order valence-electron chi connectivity index (χ2n) is 4.70. The highest BCUT2D eigenvalue weighted by atomic mass is 79.9.